The zero-order valence-corrected chi connectivity index (χ0v) is 16.1. The van der Waals surface area contributed by atoms with Gasteiger partial charge in [0.05, 0.1) is 0 Å². The van der Waals surface area contributed by atoms with Crippen LogP contribution in [0.4, 0.5) is 4.79 Å². The summed E-state index contributed by atoms with van der Waals surface area (Å²) in [7, 11) is 2.04. The van der Waals surface area contributed by atoms with Crippen molar-refractivity contribution < 1.29 is 14.6 Å². The number of likely N-dealkylation sites (N-methyl/N-ethyl adjacent to an activating group) is 1. The third-order valence-corrected chi connectivity index (χ3v) is 4.14. The highest BCUT2D eigenvalue weighted by Gasteiger charge is 2.28. The van der Waals surface area contributed by atoms with Gasteiger partial charge in [0.15, 0.2) is 0 Å². The van der Waals surface area contributed by atoms with Crippen LogP contribution in [-0.2, 0) is 4.74 Å². The molecule has 0 radical (unpaired) electrons. The van der Waals surface area contributed by atoms with Crippen molar-refractivity contribution in [2.24, 2.45) is 5.41 Å². The quantitative estimate of drug-likeness (QED) is 0.773. The number of amides is 1. The first-order valence-corrected chi connectivity index (χ1v) is 8.75. The minimum absolute atomic E-state index is 0.0910. The Balaban J connectivity index is 2.65. The van der Waals surface area contributed by atoms with Crippen LogP contribution in [0.2, 0.25) is 0 Å². The van der Waals surface area contributed by atoms with E-state index in [1.165, 1.54) is 5.57 Å². The number of carbonyl (C=O) groups is 1. The second kappa shape index (κ2) is 8.56. The highest BCUT2D eigenvalue weighted by molar-refractivity contribution is 5.68. The molecule has 24 heavy (non-hydrogen) atoms. The second-order valence-corrected chi connectivity index (χ2v) is 8.00. The topological polar surface area (TPSA) is 53.0 Å². The monoisotopic (exact) mass is 338 g/mol. The standard InChI is InChI=1S/C19H34N2O3/c1-7-21(17(23)24-18(2,3)4)12-10-19(5,15-22)13-16-9-8-11-20(6)14-16/h8-9,14,22H,7,10-13,15H2,1-6H3. The molecule has 1 atom stereocenters. The first-order valence-electron chi connectivity index (χ1n) is 8.75. The van der Waals surface area contributed by atoms with Crippen molar-refractivity contribution in [3.63, 3.8) is 0 Å². The van der Waals surface area contributed by atoms with E-state index in [9.17, 15) is 9.90 Å². The molecule has 0 saturated carbocycles. The van der Waals surface area contributed by atoms with Gasteiger partial charge in [-0.1, -0.05) is 19.1 Å². The SMILES string of the molecule is CCN(CCC(C)(CO)CC1=CN(C)CC=C1)C(=O)OC(C)(C)C. The molecule has 5 nitrogen and oxygen atoms in total. The first kappa shape index (κ1) is 20.6. The fourth-order valence-corrected chi connectivity index (χ4v) is 2.68. The number of carbonyl (C=O) groups excluding carboxylic acids is 1. The lowest BCUT2D eigenvalue weighted by molar-refractivity contribution is 0.0218. The Morgan fingerprint density at radius 1 is 1.38 bits per heavy atom. The van der Waals surface area contributed by atoms with Crippen molar-refractivity contribution >= 4 is 6.09 Å². The van der Waals surface area contributed by atoms with E-state index in [1.54, 1.807) is 4.90 Å². The number of allylic oxidation sites excluding steroid dienone is 2. The average molecular weight is 338 g/mol. The van der Waals surface area contributed by atoms with Crippen LogP contribution in [0.1, 0.15) is 47.5 Å². The summed E-state index contributed by atoms with van der Waals surface area (Å²) in [5, 5.41) is 9.89. The van der Waals surface area contributed by atoms with Crippen molar-refractivity contribution in [2.75, 3.05) is 33.3 Å². The Hall–Kier alpha value is -1.49. The molecule has 0 fully saturated rings. The Bertz CT molecular complexity index is 479. The van der Waals surface area contributed by atoms with E-state index in [1.807, 2.05) is 34.7 Å². The van der Waals surface area contributed by atoms with Gasteiger partial charge in [0.25, 0.3) is 0 Å². The lowest BCUT2D eigenvalue weighted by atomic mass is 9.80. The highest BCUT2D eigenvalue weighted by atomic mass is 16.6. The fraction of sp³-hybridized carbons (Fsp3) is 0.737. The van der Waals surface area contributed by atoms with Gasteiger partial charge >= 0.3 is 6.09 Å². The molecular formula is C19H34N2O3. The van der Waals surface area contributed by atoms with Crippen LogP contribution in [0.3, 0.4) is 0 Å². The predicted octanol–water partition coefficient (Wildman–Crippen LogP) is 3.41. The Labute approximate surface area is 147 Å². The van der Waals surface area contributed by atoms with Gasteiger partial charge < -0.3 is 19.6 Å². The van der Waals surface area contributed by atoms with E-state index < -0.39 is 5.60 Å². The van der Waals surface area contributed by atoms with Crippen molar-refractivity contribution in [2.45, 2.75) is 53.1 Å². The molecule has 1 amide bonds. The molecule has 0 aromatic heterocycles. The number of hydrogen-bond acceptors (Lipinski definition) is 4. The van der Waals surface area contributed by atoms with Gasteiger partial charge in [0.1, 0.15) is 5.60 Å². The summed E-state index contributed by atoms with van der Waals surface area (Å²) >= 11 is 0. The van der Waals surface area contributed by atoms with Crippen LogP contribution in [0.15, 0.2) is 23.9 Å². The van der Waals surface area contributed by atoms with Gasteiger partial charge in [-0.25, -0.2) is 4.79 Å². The number of rotatable bonds is 7. The van der Waals surface area contributed by atoms with Crippen LogP contribution in [0.5, 0.6) is 0 Å². The first-order chi connectivity index (χ1) is 11.1. The van der Waals surface area contributed by atoms with E-state index in [4.69, 9.17) is 4.74 Å². The largest absolute Gasteiger partial charge is 0.444 e. The molecule has 1 N–H and O–H groups in total. The zero-order valence-electron chi connectivity index (χ0n) is 16.1. The van der Waals surface area contributed by atoms with Gasteiger partial charge in [0.2, 0.25) is 0 Å². The molecule has 0 saturated heterocycles. The van der Waals surface area contributed by atoms with E-state index in [-0.39, 0.29) is 18.1 Å². The van der Waals surface area contributed by atoms with Crippen LogP contribution >= 0.6 is 0 Å². The van der Waals surface area contributed by atoms with E-state index in [2.05, 4.69) is 30.2 Å². The number of aliphatic hydroxyl groups is 1. The minimum Gasteiger partial charge on any atom is -0.444 e. The summed E-state index contributed by atoms with van der Waals surface area (Å²) < 4.78 is 5.45. The third-order valence-electron chi connectivity index (χ3n) is 4.14. The molecule has 138 valence electrons. The predicted molar refractivity (Wildman–Crippen MR) is 97.8 cm³/mol. The number of ether oxygens (including phenoxy) is 1. The number of aliphatic hydroxyl groups excluding tert-OH is 1. The maximum atomic E-state index is 12.2. The van der Waals surface area contributed by atoms with Gasteiger partial charge in [0, 0.05) is 39.5 Å². The van der Waals surface area contributed by atoms with Crippen molar-refractivity contribution in [3.05, 3.63) is 23.9 Å². The lowest BCUT2D eigenvalue weighted by Gasteiger charge is -2.33. The molecule has 0 spiro atoms. The summed E-state index contributed by atoms with van der Waals surface area (Å²) in [5.41, 5.74) is 0.456. The Kier molecular flexibility index (Phi) is 7.33. The molecule has 1 unspecified atom stereocenters. The minimum atomic E-state index is -0.493. The van der Waals surface area contributed by atoms with Crippen LogP contribution in [-0.4, -0.2) is 59.9 Å². The van der Waals surface area contributed by atoms with E-state index in [0.717, 1.165) is 19.4 Å². The number of nitrogens with zero attached hydrogens (tertiary/aromatic N) is 2. The molecular weight excluding hydrogens is 304 g/mol. The Morgan fingerprint density at radius 2 is 2.04 bits per heavy atom. The number of hydrogen-bond donors (Lipinski definition) is 1. The Morgan fingerprint density at radius 3 is 2.54 bits per heavy atom. The second-order valence-electron chi connectivity index (χ2n) is 8.00. The summed E-state index contributed by atoms with van der Waals surface area (Å²) in [6.07, 6.45) is 7.61. The van der Waals surface area contributed by atoms with E-state index >= 15 is 0 Å². The van der Waals surface area contributed by atoms with Crippen molar-refractivity contribution in [1.29, 1.82) is 0 Å². The van der Waals surface area contributed by atoms with Gasteiger partial charge in [-0.3, -0.25) is 0 Å². The van der Waals surface area contributed by atoms with Crippen LogP contribution in [0.25, 0.3) is 0 Å². The normalized spacial score (nSPS) is 17.3. The molecule has 1 aliphatic rings. The maximum absolute atomic E-state index is 12.2. The summed E-state index contributed by atoms with van der Waals surface area (Å²) in [4.78, 5) is 16.1. The summed E-state index contributed by atoms with van der Waals surface area (Å²) in [5.74, 6) is 0. The molecule has 0 aromatic carbocycles. The molecule has 1 aliphatic heterocycles. The molecule has 0 bridgehead atoms. The zero-order chi connectivity index (χ0) is 18.4. The van der Waals surface area contributed by atoms with Gasteiger partial charge in [-0.15, -0.1) is 0 Å². The molecule has 0 aliphatic carbocycles. The van der Waals surface area contributed by atoms with Gasteiger partial charge in [-0.05, 0) is 51.5 Å². The molecule has 0 aromatic rings. The smallest absolute Gasteiger partial charge is 0.410 e. The van der Waals surface area contributed by atoms with Crippen LogP contribution in [0, 0.1) is 5.41 Å². The van der Waals surface area contributed by atoms with Gasteiger partial charge in [-0.2, -0.15) is 0 Å². The summed E-state index contributed by atoms with van der Waals surface area (Å²) in [6.45, 7) is 11.8. The van der Waals surface area contributed by atoms with Crippen LogP contribution < -0.4 is 0 Å². The van der Waals surface area contributed by atoms with Crippen molar-refractivity contribution in [1.82, 2.24) is 9.80 Å². The van der Waals surface area contributed by atoms with Crippen molar-refractivity contribution in [3.8, 4) is 0 Å². The average Bonchev–Trinajstić information content (AvgIpc) is 2.46. The lowest BCUT2D eigenvalue weighted by Crippen LogP contribution is -2.39. The molecule has 1 rings (SSSR count). The fourth-order valence-electron chi connectivity index (χ4n) is 2.68. The molecule has 5 heteroatoms. The van der Waals surface area contributed by atoms with E-state index in [0.29, 0.717) is 13.1 Å². The highest BCUT2D eigenvalue weighted by Crippen LogP contribution is 2.31. The maximum Gasteiger partial charge on any atom is 0.410 e. The summed E-state index contributed by atoms with van der Waals surface area (Å²) in [6, 6.07) is 0. The third kappa shape index (κ3) is 6.95. The molecule has 1 heterocycles.